The summed E-state index contributed by atoms with van der Waals surface area (Å²) in [5.74, 6) is 1.98. The Morgan fingerprint density at radius 3 is 2.50 bits per heavy atom. The maximum atomic E-state index is 5.12. The Bertz CT molecular complexity index is 101. The van der Waals surface area contributed by atoms with Gasteiger partial charge in [-0.1, -0.05) is 6.92 Å². The van der Waals surface area contributed by atoms with Crippen LogP contribution in [0.1, 0.15) is 13.8 Å². The highest BCUT2D eigenvalue weighted by Gasteiger charge is 2.02. The fraction of sp³-hybridized carbons (Fsp3) is 1.00. The molecular formula is C9H21NOS. The van der Waals surface area contributed by atoms with E-state index < -0.39 is 0 Å². The van der Waals surface area contributed by atoms with Gasteiger partial charge in [0.2, 0.25) is 0 Å². The third-order valence-electron chi connectivity index (χ3n) is 1.78. The molecule has 0 aliphatic carbocycles. The second-order valence-corrected chi connectivity index (χ2v) is 4.18. The van der Waals surface area contributed by atoms with Gasteiger partial charge in [-0.2, -0.15) is 11.8 Å². The van der Waals surface area contributed by atoms with Crippen molar-refractivity contribution in [2.45, 2.75) is 20.0 Å². The van der Waals surface area contributed by atoms with Crippen LogP contribution in [0.2, 0.25) is 0 Å². The van der Waals surface area contributed by atoms with Crippen molar-refractivity contribution in [1.29, 1.82) is 0 Å². The molecule has 0 saturated heterocycles. The van der Waals surface area contributed by atoms with E-state index in [1.54, 1.807) is 7.11 Å². The van der Waals surface area contributed by atoms with Crippen molar-refractivity contribution in [1.82, 2.24) is 5.32 Å². The molecule has 0 saturated carbocycles. The quantitative estimate of drug-likeness (QED) is 0.660. The van der Waals surface area contributed by atoms with Crippen molar-refractivity contribution in [2.24, 2.45) is 5.92 Å². The zero-order chi connectivity index (χ0) is 9.40. The summed E-state index contributed by atoms with van der Waals surface area (Å²) in [6, 6.07) is 0. The Hall–Kier alpha value is 0.270. The monoisotopic (exact) mass is 191 g/mol. The second-order valence-electron chi connectivity index (χ2n) is 3.27. The summed E-state index contributed by atoms with van der Waals surface area (Å²) >= 11 is 1.90. The van der Waals surface area contributed by atoms with E-state index in [9.17, 15) is 0 Å². The summed E-state index contributed by atoms with van der Waals surface area (Å²) in [7, 11) is 1.75. The summed E-state index contributed by atoms with van der Waals surface area (Å²) in [5.41, 5.74) is 0. The van der Waals surface area contributed by atoms with Crippen LogP contribution >= 0.6 is 11.8 Å². The Balaban J connectivity index is 3.18. The first-order chi connectivity index (χ1) is 5.70. The predicted molar refractivity (Wildman–Crippen MR) is 56.9 cm³/mol. The van der Waals surface area contributed by atoms with E-state index in [2.05, 4.69) is 25.4 Å². The predicted octanol–water partition coefficient (Wildman–Crippen LogP) is 1.61. The van der Waals surface area contributed by atoms with Crippen LogP contribution in [0.15, 0.2) is 0 Å². The Labute approximate surface area is 80.4 Å². The van der Waals surface area contributed by atoms with Gasteiger partial charge in [0, 0.05) is 13.7 Å². The third kappa shape index (κ3) is 6.95. The number of methoxy groups -OCH3 is 1. The van der Waals surface area contributed by atoms with Gasteiger partial charge in [-0.15, -0.1) is 0 Å². The molecule has 0 spiro atoms. The fourth-order valence-corrected chi connectivity index (χ4v) is 1.65. The molecule has 0 fully saturated rings. The average molecular weight is 191 g/mol. The van der Waals surface area contributed by atoms with E-state index in [-0.39, 0.29) is 0 Å². The van der Waals surface area contributed by atoms with Gasteiger partial charge in [-0.3, -0.25) is 0 Å². The zero-order valence-corrected chi connectivity index (χ0v) is 9.41. The van der Waals surface area contributed by atoms with Crippen molar-refractivity contribution in [3.63, 3.8) is 0 Å². The molecular weight excluding hydrogens is 170 g/mol. The molecule has 1 N–H and O–H groups in total. The number of hydrogen-bond acceptors (Lipinski definition) is 3. The molecule has 0 rings (SSSR count). The lowest BCUT2D eigenvalue weighted by atomic mass is 10.2. The molecule has 3 heteroatoms. The topological polar surface area (TPSA) is 21.3 Å². The Morgan fingerprint density at radius 1 is 1.33 bits per heavy atom. The average Bonchev–Trinajstić information content (AvgIpc) is 2.04. The van der Waals surface area contributed by atoms with E-state index in [1.807, 2.05) is 11.8 Å². The summed E-state index contributed by atoms with van der Waals surface area (Å²) < 4.78 is 5.12. The van der Waals surface area contributed by atoms with E-state index in [4.69, 9.17) is 4.74 Å². The van der Waals surface area contributed by atoms with Crippen molar-refractivity contribution in [2.75, 3.05) is 32.2 Å². The van der Waals surface area contributed by atoms with Crippen LogP contribution in [-0.4, -0.2) is 38.3 Å². The minimum Gasteiger partial charge on any atom is -0.380 e. The number of rotatable bonds is 7. The minimum absolute atomic E-state index is 0.325. The molecule has 74 valence electrons. The van der Waals surface area contributed by atoms with Gasteiger partial charge in [-0.05, 0) is 31.4 Å². The lowest BCUT2D eigenvalue weighted by Gasteiger charge is -2.14. The highest BCUT2D eigenvalue weighted by molar-refractivity contribution is 7.98. The maximum absolute atomic E-state index is 5.12. The summed E-state index contributed by atoms with van der Waals surface area (Å²) in [5, 5.41) is 3.38. The van der Waals surface area contributed by atoms with Gasteiger partial charge in [0.05, 0.1) is 6.10 Å². The Kier molecular flexibility index (Phi) is 8.07. The van der Waals surface area contributed by atoms with Crippen LogP contribution in [0.4, 0.5) is 0 Å². The lowest BCUT2D eigenvalue weighted by Crippen LogP contribution is -2.30. The van der Waals surface area contributed by atoms with Crippen LogP contribution in [0.5, 0.6) is 0 Å². The first kappa shape index (κ1) is 12.3. The van der Waals surface area contributed by atoms with Crippen molar-refractivity contribution < 1.29 is 4.74 Å². The van der Waals surface area contributed by atoms with Crippen LogP contribution in [0.25, 0.3) is 0 Å². The molecule has 0 bridgehead atoms. The highest BCUT2D eigenvalue weighted by atomic mass is 32.2. The lowest BCUT2D eigenvalue weighted by molar-refractivity contribution is 0.116. The van der Waals surface area contributed by atoms with Crippen LogP contribution in [0.3, 0.4) is 0 Å². The fourth-order valence-electron chi connectivity index (χ4n) is 0.960. The largest absolute Gasteiger partial charge is 0.380 e. The summed E-state index contributed by atoms with van der Waals surface area (Å²) in [6.07, 6.45) is 2.47. The van der Waals surface area contributed by atoms with Gasteiger partial charge in [-0.25, -0.2) is 0 Å². The third-order valence-corrected chi connectivity index (χ3v) is 2.68. The van der Waals surface area contributed by atoms with Gasteiger partial charge < -0.3 is 10.1 Å². The maximum Gasteiger partial charge on any atom is 0.0667 e. The smallest absolute Gasteiger partial charge is 0.0667 e. The highest BCUT2D eigenvalue weighted by Crippen LogP contribution is 2.02. The molecule has 0 aliphatic rings. The molecule has 0 aromatic heterocycles. The van der Waals surface area contributed by atoms with E-state index in [0.717, 1.165) is 19.0 Å². The van der Waals surface area contributed by atoms with Crippen molar-refractivity contribution in [3.05, 3.63) is 0 Å². The molecule has 2 nitrogen and oxygen atoms in total. The van der Waals surface area contributed by atoms with E-state index in [0.29, 0.717) is 6.10 Å². The molecule has 0 heterocycles. The molecule has 0 aliphatic heterocycles. The molecule has 0 radical (unpaired) electrons. The van der Waals surface area contributed by atoms with Crippen molar-refractivity contribution in [3.8, 4) is 0 Å². The molecule has 0 amide bonds. The SMILES string of the molecule is COC(C)CNCC(C)CSC. The molecule has 0 aromatic rings. The van der Waals surface area contributed by atoms with Gasteiger partial charge in [0.1, 0.15) is 0 Å². The van der Waals surface area contributed by atoms with Crippen LogP contribution in [-0.2, 0) is 4.74 Å². The molecule has 2 atom stereocenters. The van der Waals surface area contributed by atoms with Crippen LogP contribution in [0, 0.1) is 5.92 Å². The number of ether oxygens (including phenoxy) is 1. The summed E-state index contributed by atoms with van der Waals surface area (Å²) in [6.45, 7) is 6.39. The van der Waals surface area contributed by atoms with Gasteiger partial charge >= 0.3 is 0 Å². The van der Waals surface area contributed by atoms with Crippen molar-refractivity contribution >= 4 is 11.8 Å². The standard InChI is InChI=1S/C9H21NOS/c1-8(7-12-4)5-10-6-9(2)11-3/h8-10H,5-7H2,1-4H3. The molecule has 2 unspecified atom stereocenters. The van der Waals surface area contributed by atoms with Gasteiger partial charge in [0.25, 0.3) is 0 Å². The molecule has 0 aromatic carbocycles. The number of thioether (sulfide) groups is 1. The number of hydrogen-bond donors (Lipinski definition) is 1. The van der Waals surface area contributed by atoms with E-state index >= 15 is 0 Å². The first-order valence-electron chi connectivity index (χ1n) is 4.43. The Morgan fingerprint density at radius 2 is 2.00 bits per heavy atom. The normalized spacial score (nSPS) is 16.0. The van der Waals surface area contributed by atoms with Crippen LogP contribution < -0.4 is 5.32 Å². The minimum atomic E-state index is 0.325. The summed E-state index contributed by atoms with van der Waals surface area (Å²) in [4.78, 5) is 0. The zero-order valence-electron chi connectivity index (χ0n) is 8.59. The molecule has 12 heavy (non-hydrogen) atoms. The first-order valence-corrected chi connectivity index (χ1v) is 5.82. The number of nitrogens with one attached hydrogen (secondary N) is 1. The van der Waals surface area contributed by atoms with E-state index in [1.165, 1.54) is 5.75 Å². The van der Waals surface area contributed by atoms with Gasteiger partial charge in [0.15, 0.2) is 0 Å². The second kappa shape index (κ2) is 7.90.